The molecule has 3 rings (SSSR count). The third kappa shape index (κ3) is 2.70. The summed E-state index contributed by atoms with van der Waals surface area (Å²) in [6.07, 6.45) is 7.45. The van der Waals surface area contributed by atoms with Gasteiger partial charge in [-0.15, -0.1) is 5.10 Å². The molecule has 110 valence electrons. The molecule has 6 nitrogen and oxygen atoms in total. The molecular formula is C14H22N4O2. The van der Waals surface area contributed by atoms with E-state index < -0.39 is 0 Å². The van der Waals surface area contributed by atoms with Crippen LogP contribution in [0.2, 0.25) is 0 Å². The van der Waals surface area contributed by atoms with Crippen molar-refractivity contribution in [3.8, 4) is 0 Å². The highest BCUT2D eigenvalue weighted by Crippen LogP contribution is 2.36. The first-order valence-corrected chi connectivity index (χ1v) is 7.56. The van der Waals surface area contributed by atoms with Crippen molar-refractivity contribution >= 4 is 11.9 Å². The van der Waals surface area contributed by atoms with E-state index in [1.54, 1.807) is 0 Å². The summed E-state index contributed by atoms with van der Waals surface area (Å²) in [7, 11) is 0. The molecule has 1 aromatic rings. The first-order valence-electron chi connectivity index (χ1n) is 7.56. The summed E-state index contributed by atoms with van der Waals surface area (Å²) in [5.74, 6) is 0.582. The maximum absolute atomic E-state index is 12.4. The van der Waals surface area contributed by atoms with Crippen LogP contribution in [0.1, 0.15) is 63.8 Å². The van der Waals surface area contributed by atoms with Crippen LogP contribution in [-0.2, 0) is 4.79 Å². The minimum atomic E-state index is -0.293. The number of carbonyl (C=O) groups excluding carboxylic acids is 1. The molecule has 1 saturated carbocycles. The van der Waals surface area contributed by atoms with Crippen LogP contribution in [-0.4, -0.2) is 22.6 Å². The molecule has 1 aromatic heterocycles. The Labute approximate surface area is 118 Å². The van der Waals surface area contributed by atoms with E-state index in [1.807, 2.05) is 6.92 Å². The fraction of sp³-hybridized carbons (Fsp3) is 0.786. The summed E-state index contributed by atoms with van der Waals surface area (Å²) < 4.78 is 5.56. The highest BCUT2D eigenvalue weighted by atomic mass is 16.4. The fourth-order valence-electron chi connectivity index (χ4n) is 3.13. The van der Waals surface area contributed by atoms with E-state index in [0.29, 0.717) is 5.89 Å². The van der Waals surface area contributed by atoms with Crippen molar-refractivity contribution in [1.29, 1.82) is 0 Å². The molecule has 1 aliphatic carbocycles. The summed E-state index contributed by atoms with van der Waals surface area (Å²) in [4.78, 5) is 12.4. The molecule has 1 unspecified atom stereocenters. The molecule has 0 radical (unpaired) electrons. The first kappa shape index (κ1) is 13.5. The third-order valence-corrected chi connectivity index (χ3v) is 4.52. The standard InChI is InChI=1S/C14H22N4O2/c1-14(7-3-2-4-8-14)12(19)16-13-18-17-11(20-13)10-6-5-9-15-10/h10,15H,2-9H2,1H3,(H,16,18,19). The summed E-state index contributed by atoms with van der Waals surface area (Å²) >= 11 is 0. The van der Waals surface area contributed by atoms with Gasteiger partial charge in [0, 0.05) is 5.41 Å². The highest BCUT2D eigenvalue weighted by molar-refractivity contribution is 5.93. The normalized spacial score (nSPS) is 25.6. The second-order valence-electron chi connectivity index (χ2n) is 6.17. The van der Waals surface area contributed by atoms with E-state index in [1.165, 1.54) is 6.42 Å². The van der Waals surface area contributed by atoms with Crippen LogP contribution in [0.3, 0.4) is 0 Å². The minimum Gasteiger partial charge on any atom is -0.406 e. The van der Waals surface area contributed by atoms with Crippen LogP contribution in [0.25, 0.3) is 0 Å². The second kappa shape index (κ2) is 5.52. The van der Waals surface area contributed by atoms with Crippen molar-refractivity contribution in [3.63, 3.8) is 0 Å². The Bertz CT molecular complexity index is 473. The van der Waals surface area contributed by atoms with E-state index in [4.69, 9.17) is 4.42 Å². The van der Waals surface area contributed by atoms with Crippen molar-refractivity contribution in [2.75, 3.05) is 11.9 Å². The zero-order valence-electron chi connectivity index (χ0n) is 11.9. The lowest BCUT2D eigenvalue weighted by molar-refractivity contribution is -0.126. The molecule has 6 heteroatoms. The van der Waals surface area contributed by atoms with Crippen molar-refractivity contribution in [2.24, 2.45) is 5.41 Å². The van der Waals surface area contributed by atoms with Gasteiger partial charge in [0.05, 0.1) is 6.04 Å². The number of amides is 1. The Morgan fingerprint density at radius 2 is 2.10 bits per heavy atom. The van der Waals surface area contributed by atoms with E-state index in [0.717, 1.165) is 45.1 Å². The smallest absolute Gasteiger partial charge is 0.322 e. The SMILES string of the molecule is CC1(C(=O)Nc2nnc(C3CCCN3)o2)CCCCC1. The molecule has 1 amide bonds. The Hall–Kier alpha value is -1.43. The molecule has 1 aliphatic heterocycles. The lowest BCUT2D eigenvalue weighted by atomic mass is 9.75. The molecule has 2 fully saturated rings. The predicted molar refractivity (Wildman–Crippen MR) is 74.1 cm³/mol. The van der Waals surface area contributed by atoms with Gasteiger partial charge >= 0.3 is 6.01 Å². The quantitative estimate of drug-likeness (QED) is 0.887. The third-order valence-electron chi connectivity index (χ3n) is 4.52. The van der Waals surface area contributed by atoms with Crippen molar-refractivity contribution in [2.45, 2.75) is 57.9 Å². The average Bonchev–Trinajstić information content (AvgIpc) is 3.09. The molecule has 20 heavy (non-hydrogen) atoms. The molecule has 2 N–H and O–H groups in total. The minimum absolute atomic E-state index is 0.00628. The molecule has 2 heterocycles. The Morgan fingerprint density at radius 1 is 1.30 bits per heavy atom. The van der Waals surface area contributed by atoms with Gasteiger partial charge in [0.15, 0.2) is 0 Å². The Kier molecular flexibility index (Phi) is 3.74. The molecular weight excluding hydrogens is 256 g/mol. The van der Waals surface area contributed by atoms with Crippen LogP contribution in [0, 0.1) is 5.41 Å². The summed E-state index contributed by atoms with van der Waals surface area (Å²) in [6.45, 7) is 3.00. The zero-order valence-corrected chi connectivity index (χ0v) is 11.9. The van der Waals surface area contributed by atoms with Crippen LogP contribution in [0.4, 0.5) is 6.01 Å². The van der Waals surface area contributed by atoms with Gasteiger partial charge < -0.3 is 9.73 Å². The largest absolute Gasteiger partial charge is 0.406 e. The van der Waals surface area contributed by atoms with Gasteiger partial charge in [-0.2, -0.15) is 0 Å². The second-order valence-corrected chi connectivity index (χ2v) is 6.17. The number of nitrogens with zero attached hydrogens (tertiary/aromatic N) is 2. The number of nitrogens with one attached hydrogen (secondary N) is 2. The van der Waals surface area contributed by atoms with Crippen molar-refractivity contribution in [3.05, 3.63) is 5.89 Å². The van der Waals surface area contributed by atoms with Crippen LogP contribution < -0.4 is 10.6 Å². The molecule has 0 spiro atoms. The highest BCUT2D eigenvalue weighted by Gasteiger charge is 2.35. The maximum atomic E-state index is 12.4. The molecule has 0 aromatic carbocycles. The summed E-state index contributed by atoms with van der Waals surface area (Å²) in [5.41, 5.74) is -0.293. The topological polar surface area (TPSA) is 80.0 Å². The van der Waals surface area contributed by atoms with E-state index in [-0.39, 0.29) is 23.4 Å². The van der Waals surface area contributed by atoms with Gasteiger partial charge in [-0.1, -0.05) is 31.3 Å². The van der Waals surface area contributed by atoms with Gasteiger partial charge in [-0.25, -0.2) is 0 Å². The van der Waals surface area contributed by atoms with Gasteiger partial charge in [0.1, 0.15) is 0 Å². The lowest BCUT2D eigenvalue weighted by Crippen LogP contribution is -2.35. The summed E-state index contributed by atoms with van der Waals surface area (Å²) in [5, 5.41) is 14.1. The number of hydrogen-bond donors (Lipinski definition) is 2. The van der Waals surface area contributed by atoms with Gasteiger partial charge in [0.25, 0.3) is 0 Å². The van der Waals surface area contributed by atoms with Crippen LogP contribution >= 0.6 is 0 Å². The number of rotatable bonds is 3. The fourth-order valence-corrected chi connectivity index (χ4v) is 3.13. The van der Waals surface area contributed by atoms with Crippen molar-refractivity contribution < 1.29 is 9.21 Å². The Balaban J connectivity index is 1.63. The predicted octanol–water partition coefficient (Wildman–Crippen LogP) is 2.40. The number of anilines is 1. The number of carbonyl (C=O) groups is 1. The van der Waals surface area contributed by atoms with E-state index >= 15 is 0 Å². The number of aromatic nitrogens is 2. The van der Waals surface area contributed by atoms with Crippen LogP contribution in [0.15, 0.2) is 4.42 Å². The molecule has 1 atom stereocenters. The molecule has 0 bridgehead atoms. The monoisotopic (exact) mass is 278 g/mol. The van der Waals surface area contributed by atoms with E-state index in [9.17, 15) is 4.79 Å². The van der Waals surface area contributed by atoms with Gasteiger partial charge in [0.2, 0.25) is 11.8 Å². The molecule has 1 saturated heterocycles. The van der Waals surface area contributed by atoms with Crippen LogP contribution in [0.5, 0.6) is 0 Å². The lowest BCUT2D eigenvalue weighted by Gasteiger charge is -2.31. The first-order chi connectivity index (χ1) is 9.67. The average molecular weight is 278 g/mol. The summed E-state index contributed by atoms with van der Waals surface area (Å²) in [6, 6.07) is 0.365. The van der Waals surface area contributed by atoms with Gasteiger partial charge in [-0.3, -0.25) is 10.1 Å². The Morgan fingerprint density at radius 3 is 2.80 bits per heavy atom. The molecule has 2 aliphatic rings. The van der Waals surface area contributed by atoms with Gasteiger partial charge in [-0.05, 0) is 32.2 Å². The maximum Gasteiger partial charge on any atom is 0.322 e. The zero-order chi connectivity index (χ0) is 14.0. The van der Waals surface area contributed by atoms with Crippen molar-refractivity contribution in [1.82, 2.24) is 15.5 Å². The number of hydrogen-bond acceptors (Lipinski definition) is 5. The van der Waals surface area contributed by atoms with E-state index in [2.05, 4.69) is 20.8 Å².